The smallest absolute Gasteiger partial charge is 0.407 e. The Morgan fingerprint density at radius 3 is 2.63 bits per heavy atom. The van der Waals surface area contributed by atoms with E-state index >= 15 is 0 Å². The number of aryl methyl sites for hydroxylation is 1. The van der Waals surface area contributed by atoms with Crippen molar-refractivity contribution in [2.24, 2.45) is 5.73 Å². The molecule has 106 valence electrons. The summed E-state index contributed by atoms with van der Waals surface area (Å²) in [5, 5.41) is 2.75. The largest absolute Gasteiger partial charge is 0.444 e. The SMILES string of the molecule is CC(C)(C)OC(=O)NCc1cccc(CCCN)c1. The number of nitrogens with one attached hydrogen (secondary N) is 1. The van der Waals surface area contributed by atoms with Crippen LogP contribution in [0.25, 0.3) is 0 Å². The summed E-state index contributed by atoms with van der Waals surface area (Å²) in [6.45, 7) is 6.71. The van der Waals surface area contributed by atoms with E-state index in [0.717, 1.165) is 18.4 Å². The van der Waals surface area contributed by atoms with Crippen molar-refractivity contribution in [1.82, 2.24) is 5.32 Å². The Labute approximate surface area is 115 Å². The second-order valence-corrected chi connectivity index (χ2v) is 5.57. The summed E-state index contributed by atoms with van der Waals surface area (Å²) in [6, 6.07) is 8.15. The van der Waals surface area contributed by atoms with E-state index in [2.05, 4.69) is 17.4 Å². The number of benzene rings is 1. The molecule has 0 spiro atoms. The van der Waals surface area contributed by atoms with Crippen molar-refractivity contribution in [3.63, 3.8) is 0 Å². The molecule has 0 aliphatic rings. The zero-order chi connectivity index (χ0) is 14.3. The molecule has 3 N–H and O–H groups in total. The quantitative estimate of drug-likeness (QED) is 0.859. The number of carbonyl (C=O) groups excluding carboxylic acids is 1. The van der Waals surface area contributed by atoms with Crippen LogP contribution >= 0.6 is 0 Å². The summed E-state index contributed by atoms with van der Waals surface area (Å²) in [7, 11) is 0. The maximum atomic E-state index is 11.5. The molecule has 0 fully saturated rings. The first kappa shape index (κ1) is 15.5. The second kappa shape index (κ2) is 7.14. The topological polar surface area (TPSA) is 64.3 Å². The van der Waals surface area contributed by atoms with Gasteiger partial charge in [-0.15, -0.1) is 0 Å². The van der Waals surface area contributed by atoms with Crippen molar-refractivity contribution >= 4 is 6.09 Å². The summed E-state index contributed by atoms with van der Waals surface area (Å²) in [5.74, 6) is 0. The highest BCUT2D eigenvalue weighted by atomic mass is 16.6. The number of nitrogens with two attached hydrogens (primary N) is 1. The van der Waals surface area contributed by atoms with Gasteiger partial charge in [-0.3, -0.25) is 0 Å². The number of ether oxygens (including phenoxy) is 1. The van der Waals surface area contributed by atoms with Crippen LogP contribution in [0.2, 0.25) is 0 Å². The Bertz CT molecular complexity index is 411. The van der Waals surface area contributed by atoms with Crippen molar-refractivity contribution in [2.75, 3.05) is 6.54 Å². The number of alkyl carbamates (subject to hydrolysis) is 1. The fraction of sp³-hybridized carbons (Fsp3) is 0.533. The van der Waals surface area contributed by atoms with Crippen molar-refractivity contribution in [3.8, 4) is 0 Å². The molecule has 0 aliphatic heterocycles. The monoisotopic (exact) mass is 264 g/mol. The van der Waals surface area contributed by atoms with Gasteiger partial charge in [0.05, 0.1) is 0 Å². The Kier molecular flexibility index (Phi) is 5.83. The minimum atomic E-state index is -0.465. The molecular weight excluding hydrogens is 240 g/mol. The van der Waals surface area contributed by atoms with Gasteiger partial charge in [0.25, 0.3) is 0 Å². The van der Waals surface area contributed by atoms with Crippen molar-refractivity contribution in [1.29, 1.82) is 0 Å². The fourth-order valence-electron chi connectivity index (χ4n) is 1.69. The fourth-order valence-corrected chi connectivity index (χ4v) is 1.69. The van der Waals surface area contributed by atoms with E-state index < -0.39 is 5.60 Å². The number of carbonyl (C=O) groups is 1. The lowest BCUT2D eigenvalue weighted by atomic mass is 10.1. The highest BCUT2D eigenvalue weighted by Gasteiger charge is 2.15. The molecule has 0 unspecified atom stereocenters. The van der Waals surface area contributed by atoms with Crippen molar-refractivity contribution in [3.05, 3.63) is 35.4 Å². The molecule has 0 saturated carbocycles. The van der Waals surface area contributed by atoms with Gasteiger partial charge in [0, 0.05) is 6.54 Å². The van der Waals surface area contributed by atoms with Gasteiger partial charge in [-0.1, -0.05) is 24.3 Å². The van der Waals surface area contributed by atoms with Crippen molar-refractivity contribution < 1.29 is 9.53 Å². The first-order valence-electron chi connectivity index (χ1n) is 6.65. The number of amides is 1. The van der Waals surface area contributed by atoms with Crippen LogP contribution in [0.4, 0.5) is 4.79 Å². The molecule has 4 nitrogen and oxygen atoms in total. The molecule has 1 amide bonds. The zero-order valence-electron chi connectivity index (χ0n) is 12.0. The maximum Gasteiger partial charge on any atom is 0.407 e. The lowest BCUT2D eigenvalue weighted by molar-refractivity contribution is 0.0523. The van der Waals surface area contributed by atoms with Gasteiger partial charge in [0.15, 0.2) is 0 Å². The molecule has 1 rings (SSSR count). The first-order valence-corrected chi connectivity index (χ1v) is 6.65. The normalized spacial score (nSPS) is 11.2. The third-order valence-electron chi connectivity index (χ3n) is 2.50. The summed E-state index contributed by atoms with van der Waals surface area (Å²) in [6.07, 6.45) is 1.56. The van der Waals surface area contributed by atoms with Crippen LogP contribution in [0.1, 0.15) is 38.3 Å². The Hall–Kier alpha value is -1.55. The van der Waals surface area contributed by atoms with E-state index in [1.807, 2.05) is 32.9 Å². The van der Waals surface area contributed by atoms with E-state index in [-0.39, 0.29) is 6.09 Å². The second-order valence-electron chi connectivity index (χ2n) is 5.57. The van der Waals surface area contributed by atoms with Crippen LogP contribution < -0.4 is 11.1 Å². The van der Waals surface area contributed by atoms with Crippen LogP contribution in [-0.4, -0.2) is 18.2 Å². The summed E-state index contributed by atoms with van der Waals surface area (Å²) in [4.78, 5) is 11.5. The van der Waals surface area contributed by atoms with Crippen LogP contribution in [-0.2, 0) is 17.7 Å². The molecule has 0 atom stereocenters. The summed E-state index contributed by atoms with van der Waals surface area (Å²) >= 11 is 0. The van der Waals surface area contributed by atoms with Gasteiger partial charge in [-0.05, 0) is 51.3 Å². The van der Waals surface area contributed by atoms with Gasteiger partial charge in [-0.25, -0.2) is 4.79 Å². The van der Waals surface area contributed by atoms with Crippen LogP contribution in [0, 0.1) is 0 Å². The van der Waals surface area contributed by atoms with Gasteiger partial charge in [0.2, 0.25) is 0 Å². The molecule has 19 heavy (non-hydrogen) atoms. The highest BCUT2D eigenvalue weighted by Crippen LogP contribution is 2.09. The number of hydrogen-bond acceptors (Lipinski definition) is 3. The third kappa shape index (κ3) is 6.82. The van der Waals surface area contributed by atoms with Gasteiger partial charge < -0.3 is 15.8 Å². The Morgan fingerprint density at radius 2 is 2.00 bits per heavy atom. The zero-order valence-corrected chi connectivity index (χ0v) is 12.0. The summed E-state index contributed by atoms with van der Waals surface area (Å²) in [5.41, 5.74) is 7.35. The van der Waals surface area contributed by atoms with Gasteiger partial charge >= 0.3 is 6.09 Å². The van der Waals surface area contributed by atoms with Gasteiger partial charge in [-0.2, -0.15) is 0 Å². The van der Waals surface area contributed by atoms with E-state index in [0.29, 0.717) is 13.1 Å². The lowest BCUT2D eigenvalue weighted by Crippen LogP contribution is -2.32. The van der Waals surface area contributed by atoms with Gasteiger partial charge in [0.1, 0.15) is 5.60 Å². The molecule has 0 heterocycles. The first-order chi connectivity index (χ1) is 8.90. The summed E-state index contributed by atoms with van der Waals surface area (Å²) < 4.78 is 5.19. The third-order valence-corrected chi connectivity index (χ3v) is 2.50. The maximum absolute atomic E-state index is 11.5. The van der Waals surface area contributed by atoms with E-state index in [1.54, 1.807) is 0 Å². The molecule has 1 aromatic rings. The average Bonchev–Trinajstić information content (AvgIpc) is 2.32. The number of rotatable bonds is 5. The highest BCUT2D eigenvalue weighted by molar-refractivity contribution is 5.67. The lowest BCUT2D eigenvalue weighted by Gasteiger charge is -2.19. The van der Waals surface area contributed by atoms with E-state index in [4.69, 9.17) is 10.5 Å². The standard InChI is InChI=1S/C15H24N2O2/c1-15(2,3)19-14(18)17-11-13-7-4-6-12(10-13)8-5-9-16/h4,6-7,10H,5,8-9,11,16H2,1-3H3,(H,17,18). The molecule has 0 aromatic heterocycles. The average molecular weight is 264 g/mol. The van der Waals surface area contributed by atoms with Crippen LogP contribution in [0.15, 0.2) is 24.3 Å². The predicted molar refractivity (Wildman–Crippen MR) is 76.9 cm³/mol. The van der Waals surface area contributed by atoms with Crippen LogP contribution in [0.5, 0.6) is 0 Å². The molecule has 0 bridgehead atoms. The van der Waals surface area contributed by atoms with Crippen LogP contribution in [0.3, 0.4) is 0 Å². The minimum Gasteiger partial charge on any atom is -0.444 e. The molecule has 0 aliphatic carbocycles. The predicted octanol–water partition coefficient (Wildman–Crippen LogP) is 2.60. The minimum absolute atomic E-state index is 0.389. The molecular formula is C15H24N2O2. The van der Waals surface area contributed by atoms with E-state index in [9.17, 15) is 4.79 Å². The Balaban J connectivity index is 2.46. The number of hydrogen-bond donors (Lipinski definition) is 2. The molecule has 0 radical (unpaired) electrons. The van der Waals surface area contributed by atoms with Crippen molar-refractivity contribution in [2.45, 2.75) is 45.8 Å². The van der Waals surface area contributed by atoms with E-state index in [1.165, 1.54) is 5.56 Å². The molecule has 0 saturated heterocycles. The Morgan fingerprint density at radius 1 is 1.32 bits per heavy atom. The molecule has 4 heteroatoms. The molecule has 1 aromatic carbocycles.